The quantitative estimate of drug-likeness (QED) is 0.789. The number of anilines is 1. The van der Waals surface area contributed by atoms with E-state index in [4.69, 9.17) is 4.74 Å². The maximum Gasteiger partial charge on any atom is 0.253 e. The highest BCUT2D eigenvalue weighted by molar-refractivity contribution is 6.03. The molecule has 0 spiro atoms. The predicted molar refractivity (Wildman–Crippen MR) is 92.9 cm³/mol. The topological polar surface area (TPSA) is 67.4 Å². The summed E-state index contributed by atoms with van der Waals surface area (Å²) in [6.07, 6.45) is 8.87. The van der Waals surface area contributed by atoms with E-state index in [0.717, 1.165) is 32.3 Å². The largest absolute Gasteiger partial charge is 0.376 e. The number of hydrogen-bond acceptors (Lipinski definition) is 3. The molecule has 2 atom stereocenters. The van der Waals surface area contributed by atoms with Crippen LogP contribution in [0.5, 0.6) is 0 Å². The molecule has 1 heterocycles. The van der Waals surface area contributed by atoms with Crippen molar-refractivity contribution in [3.63, 3.8) is 0 Å². The molecule has 2 amide bonds. The van der Waals surface area contributed by atoms with Gasteiger partial charge < -0.3 is 15.4 Å². The van der Waals surface area contributed by atoms with E-state index in [1.54, 1.807) is 18.2 Å². The molecule has 2 N–H and O–H groups in total. The first-order chi connectivity index (χ1) is 11.7. The summed E-state index contributed by atoms with van der Waals surface area (Å²) in [4.78, 5) is 24.6. The van der Waals surface area contributed by atoms with Crippen molar-refractivity contribution < 1.29 is 14.3 Å². The van der Waals surface area contributed by atoms with E-state index in [9.17, 15) is 9.59 Å². The van der Waals surface area contributed by atoms with Crippen LogP contribution in [0.3, 0.4) is 0 Å². The second-order valence-electron chi connectivity index (χ2n) is 6.41. The first kappa shape index (κ1) is 16.7. The van der Waals surface area contributed by atoms with Gasteiger partial charge in [0.05, 0.1) is 17.4 Å². The zero-order valence-corrected chi connectivity index (χ0v) is 13.8. The number of ether oxygens (including phenoxy) is 1. The number of nitrogens with one attached hydrogen (secondary N) is 2. The summed E-state index contributed by atoms with van der Waals surface area (Å²) in [6.45, 7) is 1.27. The lowest BCUT2D eigenvalue weighted by Crippen LogP contribution is -2.32. The fourth-order valence-electron chi connectivity index (χ4n) is 3.20. The summed E-state index contributed by atoms with van der Waals surface area (Å²) < 4.78 is 5.52. The Morgan fingerprint density at radius 1 is 1.21 bits per heavy atom. The summed E-state index contributed by atoms with van der Waals surface area (Å²) in [5.74, 6) is 0.0820. The monoisotopic (exact) mass is 328 g/mol. The average Bonchev–Trinajstić information content (AvgIpc) is 3.26. The molecule has 1 aromatic rings. The van der Waals surface area contributed by atoms with E-state index in [1.165, 1.54) is 0 Å². The van der Waals surface area contributed by atoms with Crippen LogP contribution in [0.15, 0.2) is 36.4 Å². The van der Waals surface area contributed by atoms with Gasteiger partial charge in [-0.25, -0.2) is 0 Å². The molecular formula is C19H24N2O3. The normalized spacial score (nSPS) is 22.5. The number of benzene rings is 1. The molecule has 1 aliphatic heterocycles. The number of amides is 2. The second-order valence-corrected chi connectivity index (χ2v) is 6.41. The smallest absolute Gasteiger partial charge is 0.253 e. The van der Waals surface area contributed by atoms with Gasteiger partial charge in [0.15, 0.2) is 0 Å². The van der Waals surface area contributed by atoms with Crippen LogP contribution in [0, 0.1) is 5.92 Å². The van der Waals surface area contributed by atoms with Crippen LogP contribution in [0.2, 0.25) is 0 Å². The molecule has 1 aromatic carbocycles. The number of para-hydroxylation sites is 1. The average molecular weight is 328 g/mol. The minimum atomic E-state index is -0.179. The van der Waals surface area contributed by atoms with Crippen molar-refractivity contribution in [2.75, 3.05) is 18.5 Å². The Bertz CT molecular complexity index is 621. The Morgan fingerprint density at radius 3 is 2.83 bits per heavy atom. The molecule has 5 nitrogen and oxygen atoms in total. The van der Waals surface area contributed by atoms with Crippen LogP contribution in [0.1, 0.15) is 42.5 Å². The Hall–Kier alpha value is -2.14. The molecule has 128 valence electrons. The maximum absolute atomic E-state index is 12.4. The fourth-order valence-corrected chi connectivity index (χ4v) is 3.20. The lowest BCUT2D eigenvalue weighted by molar-refractivity contribution is -0.116. The van der Waals surface area contributed by atoms with Crippen LogP contribution in [0.4, 0.5) is 5.69 Å². The van der Waals surface area contributed by atoms with E-state index in [0.29, 0.717) is 30.1 Å². The van der Waals surface area contributed by atoms with Gasteiger partial charge >= 0.3 is 0 Å². The number of allylic oxidation sites excluding steroid dienone is 2. The van der Waals surface area contributed by atoms with E-state index in [1.807, 2.05) is 6.07 Å². The molecule has 2 aliphatic rings. The SMILES string of the molecule is O=C(C[C@H]1C=CCC1)Nc1ccccc1C(=O)NC[C@@H]1CCCO1. The van der Waals surface area contributed by atoms with Gasteiger partial charge in [-0.15, -0.1) is 0 Å². The molecule has 1 aliphatic carbocycles. The lowest BCUT2D eigenvalue weighted by atomic mass is 10.0. The third-order valence-corrected chi connectivity index (χ3v) is 4.52. The van der Waals surface area contributed by atoms with Crippen LogP contribution in [-0.2, 0) is 9.53 Å². The van der Waals surface area contributed by atoms with Crippen LogP contribution >= 0.6 is 0 Å². The van der Waals surface area contributed by atoms with Crippen LogP contribution in [0.25, 0.3) is 0 Å². The standard InChI is InChI=1S/C19H24N2O3/c22-18(12-14-6-1-2-7-14)21-17-10-4-3-9-16(17)19(23)20-13-15-8-5-11-24-15/h1,3-4,6,9-10,14-15H,2,5,7-8,11-13H2,(H,20,23)(H,21,22)/t14-,15-/m0/s1. The second kappa shape index (κ2) is 8.11. The van der Waals surface area contributed by atoms with Crippen molar-refractivity contribution in [1.29, 1.82) is 0 Å². The van der Waals surface area contributed by atoms with Crippen LogP contribution in [-0.4, -0.2) is 31.1 Å². The van der Waals surface area contributed by atoms with Crippen molar-refractivity contribution in [3.8, 4) is 0 Å². The molecule has 0 unspecified atom stereocenters. The summed E-state index contributed by atoms with van der Waals surface area (Å²) in [5.41, 5.74) is 1.06. The lowest BCUT2D eigenvalue weighted by Gasteiger charge is -2.14. The molecule has 0 radical (unpaired) electrons. The van der Waals surface area contributed by atoms with Crippen LogP contribution < -0.4 is 10.6 Å². The molecule has 0 aromatic heterocycles. The van der Waals surface area contributed by atoms with Gasteiger partial charge in [-0.1, -0.05) is 24.3 Å². The summed E-state index contributed by atoms with van der Waals surface area (Å²) in [5, 5.41) is 5.78. The summed E-state index contributed by atoms with van der Waals surface area (Å²) in [7, 11) is 0. The summed E-state index contributed by atoms with van der Waals surface area (Å²) >= 11 is 0. The van der Waals surface area contributed by atoms with Crippen molar-refractivity contribution in [2.45, 2.75) is 38.2 Å². The van der Waals surface area contributed by atoms with E-state index in [2.05, 4.69) is 22.8 Å². The third kappa shape index (κ3) is 4.45. The number of carbonyl (C=O) groups excluding carboxylic acids is 2. The minimum absolute atomic E-state index is 0.0501. The highest BCUT2D eigenvalue weighted by atomic mass is 16.5. The first-order valence-electron chi connectivity index (χ1n) is 8.67. The molecule has 0 bridgehead atoms. The van der Waals surface area contributed by atoms with Gasteiger partial charge in [-0.3, -0.25) is 9.59 Å². The Balaban J connectivity index is 1.57. The maximum atomic E-state index is 12.4. The van der Waals surface area contributed by atoms with Crippen molar-refractivity contribution in [2.24, 2.45) is 5.92 Å². The Kier molecular flexibility index (Phi) is 5.64. The van der Waals surface area contributed by atoms with Gasteiger partial charge in [0.2, 0.25) is 5.91 Å². The van der Waals surface area contributed by atoms with Gasteiger partial charge in [0.25, 0.3) is 5.91 Å². The molecule has 24 heavy (non-hydrogen) atoms. The van der Waals surface area contributed by atoms with E-state index < -0.39 is 0 Å². The Morgan fingerprint density at radius 2 is 2.08 bits per heavy atom. The minimum Gasteiger partial charge on any atom is -0.376 e. The van der Waals surface area contributed by atoms with E-state index >= 15 is 0 Å². The third-order valence-electron chi connectivity index (χ3n) is 4.52. The highest BCUT2D eigenvalue weighted by Crippen LogP contribution is 2.22. The van der Waals surface area contributed by atoms with Crippen molar-refractivity contribution >= 4 is 17.5 Å². The molecule has 3 rings (SSSR count). The van der Waals surface area contributed by atoms with Gasteiger partial charge in [-0.2, -0.15) is 0 Å². The number of rotatable bonds is 6. The molecule has 5 heteroatoms. The number of hydrogen-bond donors (Lipinski definition) is 2. The van der Waals surface area contributed by atoms with Gasteiger partial charge in [-0.05, 0) is 43.7 Å². The van der Waals surface area contributed by atoms with E-state index in [-0.39, 0.29) is 17.9 Å². The molecule has 1 saturated heterocycles. The van der Waals surface area contributed by atoms with Crippen molar-refractivity contribution in [1.82, 2.24) is 5.32 Å². The fraction of sp³-hybridized carbons (Fsp3) is 0.474. The molecule has 0 saturated carbocycles. The zero-order chi connectivity index (χ0) is 16.8. The first-order valence-corrected chi connectivity index (χ1v) is 8.67. The Labute approximate surface area is 142 Å². The van der Waals surface area contributed by atoms with Gasteiger partial charge in [0, 0.05) is 19.6 Å². The number of carbonyl (C=O) groups is 2. The summed E-state index contributed by atoms with van der Waals surface area (Å²) in [6, 6.07) is 7.12. The van der Waals surface area contributed by atoms with Crippen molar-refractivity contribution in [3.05, 3.63) is 42.0 Å². The predicted octanol–water partition coefficient (Wildman–Crippen LogP) is 2.89. The molecular weight excluding hydrogens is 304 g/mol. The zero-order valence-electron chi connectivity index (χ0n) is 13.8. The molecule has 1 fully saturated rings. The highest BCUT2D eigenvalue weighted by Gasteiger charge is 2.19. The van der Waals surface area contributed by atoms with Gasteiger partial charge in [0.1, 0.15) is 0 Å².